The van der Waals surface area contributed by atoms with Crippen LogP contribution in [0, 0.1) is 13.8 Å². The molecular weight excluding hydrogens is 310 g/mol. The third-order valence-corrected chi connectivity index (χ3v) is 3.49. The van der Waals surface area contributed by atoms with E-state index in [0.717, 1.165) is 0 Å². The van der Waals surface area contributed by atoms with Crippen LogP contribution in [0.25, 0.3) is 5.69 Å². The van der Waals surface area contributed by atoms with Crippen LogP contribution in [0.5, 0.6) is 0 Å². The molecule has 0 radical (unpaired) electrons. The Hall–Kier alpha value is -1.88. The monoisotopic (exact) mass is 321 g/mol. The van der Waals surface area contributed by atoms with Gasteiger partial charge in [-0.1, -0.05) is 6.07 Å². The molecule has 0 fully saturated rings. The molecule has 0 spiro atoms. The van der Waals surface area contributed by atoms with Crippen molar-refractivity contribution in [3.8, 4) is 5.69 Å². The van der Waals surface area contributed by atoms with Gasteiger partial charge in [-0.3, -0.25) is 4.79 Å². The number of benzene rings is 1. The third kappa shape index (κ3) is 2.46. The van der Waals surface area contributed by atoms with Gasteiger partial charge in [0.25, 0.3) is 0 Å². The number of halogens is 1. The molecule has 2 rings (SSSR count). The Morgan fingerprint density at radius 2 is 1.79 bits per heavy atom. The van der Waals surface area contributed by atoms with E-state index in [0.29, 0.717) is 21.5 Å². The number of hydrogen-bond donors (Lipinski definition) is 1. The van der Waals surface area contributed by atoms with Crippen molar-refractivity contribution in [1.82, 2.24) is 4.57 Å². The Morgan fingerprint density at radius 1 is 1.21 bits per heavy atom. The lowest BCUT2D eigenvalue weighted by Gasteiger charge is -2.18. The first kappa shape index (κ1) is 13.5. The van der Waals surface area contributed by atoms with Crippen LogP contribution in [-0.4, -0.2) is 15.6 Å². The minimum Gasteiger partial charge on any atom is -0.478 e. The molecule has 0 aliphatic heterocycles. The summed E-state index contributed by atoms with van der Waals surface area (Å²) >= 11 is 3.38. The topological polar surface area (TPSA) is 59.3 Å². The molecule has 0 aliphatic carbocycles. The summed E-state index contributed by atoms with van der Waals surface area (Å²) in [7, 11) is 0. The van der Waals surface area contributed by atoms with E-state index in [1.54, 1.807) is 36.6 Å². The summed E-state index contributed by atoms with van der Waals surface area (Å²) in [5, 5.41) is 9.29. The van der Waals surface area contributed by atoms with E-state index in [1.165, 1.54) is 12.1 Å². The van der Waals surface area contributed by atoms with Crippen molar-refractivity contribution >= 4 is 21.9 Å². The minimum absolute atomic E-state index is 0.0878. The summed E-state index contributed by atoms with van der Waals surface area (Å²) in [5.74, 6) is -1.01. The quantitative estimate of drug-likeness (QED) is 0.925. The number of carbonyl (C=O) groups is 1. The fraction of sp³-hybridized carbons (Fsp3) is 0.143. The van der Waals surface area contributed by atoms with Gasteiger partial charge in [-0.05, 0) is 41.9 Å². The number of aromatic nitrogens is 1. The lowest BCUT2D eigenvalue weighted by atomic mass is 10.1. The smallest absolute Gasteiger partial charge is 0.337 e. The molecule has 1 N–H and O–H groups in total. The van der Waals surface area contributed by atoms with Crippen molar-refractivity contribution in [1.29, 1.82) is 0 Å². The Kier molecular flexibility index (Phi) is 3.57. The number of para-hydroxylation sites is 1. The summed E-state index contributed by atoms with van der Waals surface area (Å²) in [4.78, 5) is 22.8. The van der Waals surface area contributed by atoms with Gasteiger partial charge in [-0.15, -0.1) is 0 Å². The minimum atomic E-state index is -1.01. The van der Waals surface area contributed by atoms with Crippen molar-refractivity contribution in [2.75, 3.05) is 0 Å². The van der Waals surface area contributed by atoms with Crippen LogP contribution in [0.3, 0.4) is 0 Å². The highest BCUT2D eigenvalue weighted by molar-refractivity contribution is 9.10. The van der Waals surface area contributed by atoms with Gasteiger partial charge in [0.15, 0.2) is 5.43 Å². The van der Waals surface area contributed by atoms with E-state index in [-0.39, 0.29) is 11.0 Å². The molecule has 4 nitrogen and oxygen atoms in total. The van der Waals surface area contributed by atoms with Gasteiger partial charge in [-0.25, -0.2) is 4.79 Å². The Bertz CT molecular complexity index is 693. The molecule has 0 atom stereocenters. The van der Waals surface area contributed by atoms with Crippen molar-refractivity contribution in [3.05, 3.63) is 62.0 Å². The SMILES string of the molecule is Cc1cc(=O)cc(C)n1-c1c(Br)cccc1C(=O)O. The zero-order valence-corrected chi connectivity index (χ0v) is 12.1. The van der Waals surface area contributed by atoms with E-state index in [1.807, 2.05) is 0 Å². The number of carboxylic acids is 1. The summed E-state index contributed by atoms with van der Waals surface area (Å²) in [6.07, 6.45) is 0. The maximum Gasteiger partial charge on any atom is 0.337 e. The summed E-state index contributed by atoms with van der Waals surface area (Å²) in [6, 6.07) is 7.96. The lowest BCUT2D eigenvalue weighted by molar-refractivity contribution is 0.0697. The Balaban J connectivity index is 2.87. The van der Waals surface area contributed by atoms with Gasteiger partial charge in [0.2, 0.25) is 0 Å². The second-order valence-electron chi connectivity index (χ2n) is 4.25. The lowest BCUT2D eigenvalue weighted by Crippen LogP contribution is -2.15. The van der Waals surface area contributed by atoms with Gasteiger partial charge < -0.3 is 9.67 Å². The van der Waals surface area contributed by atoms with Crippen molar-refractivity contribution in [2.45, 2.75) is 13.8 Å². The van der Waals surface area contributed by atoms with Crippen LogP contribution in [0.1, 0.15) is 21.7 Å². The first-order valence-corrected chi connectivity index (χ1v) is 6.43. The highest BCUT2D eigenvalue weighted by Crippen LogP contribution is 2.27. The Labute approximate surface area is 118 Å². The average molecular weight is 322 g/mol. The van der Waals surface area contributed by atoms with Crippen LogP contribution in [0.15, 0.2) is 39.6 Å². The third-order valence-electron chi connectivity index (χ3n) is 2.85. The van der Waals surface area contributed by atoms with Crippen LogP contribution >= 0.6 is 15.9 Å². The second-order valence-corrected chi connectivity index (χ2v) is 5.10. The predicted molar refractivity (Wildman–Crippen MR) is 76.2 cm³/mol. The maximum absolute atomic E-state index is 11.5. The molecule has 1 aromatic heterocycles. The number of carboxylic acid groups (broad SMARTS) is 1. The molecule has 0 saturated carbocycles. The largest absolute Gasteiger partial charge is 0.478 e. The normalized spacial score (nSPS) is 10.5. The fourth-order valence-electron chi connectivity index (χ4n) is 2.13. The average Bonchev–Trinajstić information content (AvgIpc) is 2.29. The first-order chi connectivity index (χ1) is 8.91. The predicted octanol–water partition coefficient (Wildman–Crippen LogP) is 2.92. The standard InChI is InChI=1S/C14H12BrNO3/c1-8-6-10(17)7-9(2)16(8)13-11(14(18)19)4-3-5-12(13)15/h3-7H,1-2H3,(H,18,19). The van der Waals surface area contributed by atoms with Crippen LogP contribution < -0.4 is 5.43 Å². The highest BCUT2D eigenvalue weighted by Gasteiger charge is 2.16. The van der Waals surface area contributed by atoms with Gasteiger partial charge in [0.05, 0.1) is 11.3 Å². The molecule has 5 heteroatoms. The summed E-state index contributed by atoms with van der Waals surface area (Å²) in [6.45, 7) is 3.55. The van der Waals surface area contributed by atoms with Crippen molar-refractivity contribution in [3.63, 3.8) is 0 Å². The number of aryl methyl sites for hydroxylation is 2. The number of aromatic carboxylic acids is 1. The van der Waals surface area contributed by atoms with E-state index >= 15 is 0 Å². The number of hydrogen-bond acceptors (Lipinski definition) is 2. The molecule has 2 aromatic rings. The van der Waals surface area contributed by atoms with E-state index in [4.69, 9.17) is 0 Å². The van der Waals surface area contributed by atoms with E-state index < -0.39 is 5.97 Å². The molecule has 0 unspecified atom stereocenters. The van der Waals surface area contributed by atoms with Gasteiger partial charge in [0.1, 0.15) is 0 Å². The highest BCUT2D eigenvalue weighted by atomic mass is 79.9. The van der Waals surface area contributed by atoms with Crippen LogP contribution in [0.4, 0.5) is 0 Å². The molecule has 0 aliphatic rings. The first-order valence-electron chi connectivity index (χ1n) is 5.64. The molecule has 0 amide bonds. The maximum atomic E-state index is 11.5. The second kappa shape index (κ2) is 5.01. The molecule has 1 aromatic carbocycles. The van der Waals surface area contributed by atoms with E-state index in [9.17, 15) is 14.7 Å². The van der Waals surface area contributed by atoms with Crippen molar-refractivity contribution < 1.29 is 9.90 Å². The van der Waals surface area contributed by atoms with Crippen molar-refractivity contribution in [2.24, 2.45) is 0 Å². The fourth-order valence-corrected chi connectivity index (χ4v) is 2.67. The summed E-state index contributed by atoms with van der Waals surface area (Å²) < 4.78 is 2.43. The van der Waals surface area contributed by atoms with Crippen LogP contribution in [-0.2, 0) is 0 Å². The van der Waals surface area contributed by atoms with Gasteiger partial charge in [-0.2, -0.15) is 0 Å². The van der Waals surface area contributed by atoms with E-state index in [2.05, 4.69) is 15.9 Å². The number of pyridine rings is 1. The zero-order valence-electron chi connectivity index (χ0n) is 10.5. The number of rotatable bonds is 2. The molecule has 98 valence electrons. The zero-order chi connectivity index (χ0) is 14.2. The number of nitrogens with zero attached hydrogens (tertiary/aromatic N) is 1. The molecule has 19 heavy (non-hydrogen) atoms. The molecule has 0 saturated heterocycles. The molecular formula is C14H12BrNO3. The van der Waals surface area contributed by atoms with Crippen LogP contribution in [0.2, 0.25) is 0 Å². The van der Waals surface area contributed by atoms with Gasteiger partial charge in [0, 0.05) is 28.0 Å². The summed E-state index contributed by atoms with van der Waals surface area (Å²) in [5.41, 5.74) is 2.02. The molecule has 0 bridgehead atoms. The molecule has 1 heterocycles. The van der Waals surface area contributed by atoms with Gasteiger partial charge >= 0.3 is 5.97 Å². The Morgan fingerprint density at radius 3 is 2.32 bits per heavy atom.